The minimum atomic E-state index is -1.26. The van der Waals surface area contributed by atoms with Gasteiger partial charge >= 0.3 is 0 Å². The minimum Gasteiger partial charge on any atom is -0.385 e. The number of benzene rings is 1. The van der Waals surface area contributed by atoms with E-state index in [-0.39, 0.29) is 17.5 Å². The van der Waals surface area contributed by atoms with Crippen LogP contribution in [0.5, 0.6) is 0 Å². The SMILES string of the molecule is CCNc1cc(COC)nc2c(F)c(F)cc(F)c12. The number of pyridine rings is 1. The first kappa shape index (κ1) is 13.6. The summed E-state index contributed by atoms with van der Waals surface area (Å²) in [5.74, 6) is -3.26. The van der Waals surface area contributed by atoms with Gasteiger partial charge in [-0.3, -0.25) is 0 Å². The lowest BCUT2D eigenvalue weighted by atomic mass is 10.1. The summed E-state index contributed by atoms with van der Waals surface area (Å²) in [6, 6.07) is 2.09. The van der Waals surface area contributed by atoms with Crippen LogP contribution in [-0.2, 0) is 11.3 Å². The number of halogens is 3. The van der Waals surface area contributed by atoms with Crippen LogP contribution in [0.25, 0.3) is 10.9 Å². The van der Waals surface area contributed by atoms with Crippen molar-refractivity contribution in [3.63, 3.8) is 0 Å². The molecule has 0 radical (unpaired) electrons. The summed E-state index contributed by atoms with van der Waals surface area (Å²) in [4.78, 5) is 3.91. The zero-order valence-corrected chi connectivity index (χ0v) is 10.6. The monoisotopic (exact) mass is 270 g/mol. The maximum atomic E-state index is 13.8. The third-order valence-corrected chi connectivity index (χ3v) is 2.64. The van der Waals surface area contributed by atoms with Crippen LogP contribution in [0, 0.1) is 17.5 Å². The smallest absolute Gasteiger partial charge is 0.185 e. The highest BCUT2D eigenvalue weighted by atomic mass is 19.2. The molecule has 1 aromatic heterocycles. The van der Waals surface area contributed by atoms with Crippen LogP contribution in [-0.4, -0.2) is 18.6 Å². The molecular weight excluding hydrogens is 257 g/mol. The van der Waals surface area contributed by atoms with E-state index in [0.29, 0.717) is 24.0 Å². The Labute approximate surface area is 108 Å². The molecule has 3 nitrogen and oxygen atoms in total. The molecule has 1 N–H and O–H groups in total. The van der Waals surface area contributed by atoms with Crippen LogP contribution >= 0.6 is 0 Å². The molecule has 19 heavy (non-hydrogen) atoms. The predicted molar refractivity (Wildman–Crippen MR) is 66.5 cm³/mol. The van der Waals surface area contributed by atoms with Gasteiger partial charge in [-0.2, -0.15) is 0 Å². The average molecular weight is 270 g/mol. The van der Waals surface area contributed by atoms with E-state index in [1.165, 1.54) is 7.11 Å². The summed E-state index contributed by atoms with van der Waals surface area (Å²) in [7, 11) is 1.46. The number of hydrogen-bond donors (Lipinski definition) is 1. The lowest BCUT2D eigenvalue weighted by Crippen LogP contribution is -2.04. The Morgan fingerprint density at radius 3 is 2.58 bits per heavy atom. The van der Waals surface area contributed by atoms with Gasteiger partial charge in [0.05, 0.1) is 17.7 Å². The first-order valence-electron chi connectivity index (χ1n) is 5.78. The second-order valence-electron chi connectivity index (χ2n) is 4.00. The van der Waals surface area contributed by atoms with Crippen molar-refractivity contribution in [1.29, 1.82) is 0 Å². The van der Waals surface area contributed by atoms with E-state index >= 15 is 0 Å². The van der Waals surface area contributed by atoms with E-state index in [2.05, 4.69) is 10.3 Å². The van der Waals surface area contributed by atoms with E-state index < -0.39 is 17.5 Å². The van der Waals surface area contributed by atoms with Gasteiger partial charge in [-0.05, 0) is 13.0 Å². The fourth-order valence-corrected chi connectivity index (χ4v) is 1.91. The van der Waals surface area contributed by atoms with Gasteiger partial charge in [0.1, 0.15) is 11.3 Å². The highest BCUT2D eigenvalue weighted by Gasteiger charge is 2.17. The predicted octanol–water partition coefficient (Wildman–Crippen LogP) is 3.23. The quantitative estimate of drug-likeness (QED) is 0.866. The van der Waals surface area contributed by atoms with Gasteiger partial charge in [-0.1, -0.05) is 0 Å². The van der Waals surface area contributed by atoms with Crippen LogP contribution in [0.2, 0.25) is 0 Å². The van der Waals surface area contributed by atoms with E-state index in [4.69, 9.17) is 4.74 Å². The maximum Gasteiger partial charge on any atom is 0.185 e. The zero-order chi connectivity index (χ0) is 14.0. The maximum absolute atomic E-state index is 13.8. The molecule has 0 fully saturated rings. The second-order valence-corrected chi connectivity index (χ2v) is 4.00. The number of nitrogens with one attached hydrogen (secondary N) is 1. The van der Waals surface area contributed by atoms with Gasteiger partial charge in [-0.25, -0.2) is 18.2 Å². The number of aromatic nitrogens is 1. The van der Waals surface area contributed by atoms with Crippen LogP contribution in [0.15, 0.2) is 12.1 Å². The number of ether oxygens (including phenoxy) is 1. The van der Waals surface area contributed by atoms with E-state index in [9.17, 15) is 13.2 Å². The van der Waals surface area contributed by atoms with Crippen molar-refractivity contribution < 1.29 is 17.9 Å². The zero-order valence-electron chi connectivity index (χ0n) is 10.6. The Balaban J connectivity index is 2.78. The normalized spacial score (nSPS) is 11.0. The molecule has 6 heteroatoms. The summed E-state index contributed by atoms with van der Waals surface area (Å²) >= 11 is 0. The first-order valence-corrected chi connectivity index (χ1v) is 5.78. The Morgan fingerprint density at radius 1 is 1.21 bits per heavy atom. The third-order valence-electron chi connectivity index (χ3n) is 2.64. The molecular formula is C13H13F3N2O. The van der Waals surface area contributed by atoms with Gasteiger partial charge in [0.15, 0.2) is 11.6 Å². The van der Waals surface area contributed by atoms with Crippen molar-refractivity contribution in [2.45, 2.75) is 13.5 Å². The van der Waals surface area contributed by atoms with Crippen LogP contribution in [0.1, 0.15) is 12.6 Å². The number of hydrogen-bond acceptors (Lipinski definition) is 3. The Hall–Kier alpha value is -1.82. The number of methoxy groups -OCH3 is 1. The molecule has 0 spiro atoms. The van der Waals surface area contributed by atoms with E-state index in [1.807, 2.05) is 6.92 Å². The molecule has 0 aliphatic rings. The number of nitrogens with zero attached hydrogens (tertiary/aromatic N) is 1. The van der Waals surface area contributed by atoms with Gasteiger partial charge in [0, 0.05) is 25.4 Å². The topological polar surface area (TPSA) is 34.1 Å². The van der Waals surface area contributed by atoms with Gasteiger partial charge in [0.2, 0.25) is 0 Å². The Kier molecular flexibility index (Phi) is 3.90. The van der Waals surface area contributed by atoms with E-state index in [0.717, 1.165) is 0 Å². The van der Waals surface area contributed by atoms with Crippen molar-refractivity contribution in [3.05, 3.63) is 35.3 Å². The molecule has 0 aliphatic carbocycles. The number of anilines is 1. The minimum absolute atomic E-state index is 0.0550. The number of rotatable bonds is 4. The summed E-state index contributed by atoms with van der Waals surface area (Å²) < 4.78 is 45.7. The summed E-state index contributed by atoms with van der Waals surface area (Å²) in [5.41, 5.74) is 0.439. The van der Waals surface area contributed by atoms with Gasteiger partial charge in [0.25, 0.3) is 0 Å². The molecule has 0 atom stereocenters. The standard InChI is InChI=1S/C13H13F3N2O/c1-3-17-10-4-7(6-19-2)18-13-11(10)8(14)5-9(15)12(13)16/h4-5H,3,6H2,1-2H3,(H,17,18). The van der Waals surface area contributed by atoms with Crippen LogP contribution in [0.4, 0.5) is 18.9 Å². The molecule has 0 amide bonds. The lowest BCUT2D eigenvalue weighted by molar-refractivity contribution is 0.182. The fraction of sp³-hybridized carbons (Fsp3) is 0.308. The van der Waals surface area contributed by atoms with E-state index in [1.54, 1.807) is 6.07 Å². The van der Waals surface area contributed by atoms with Gasteiger partial charge in [-0.15, -0.1) is 0 Å². The first-order chi connectivity index (χ1) is 9.08. The molecule has 2 aromatic rings. The molecule has 0 saturated heterocycles. The van der Waals surface area contributed by atoms with Crippen LogP contribution in [0.3, 0.4) is 0 Å². The molecule has 102 valence electrons. The summed E-state index contributed by atoms with van der Waals surface area (Å²) in [5, 5.41) is 2.86. The Morgan fingerprint density at radius 2 is 1.95 bits per heavy atom. The average Bonchev–Trinajstić information content (AvgIpc) is 2.36. The molecule has 0 bridgehead atoms. The highest BCUT2D eigenvalue weighted by molar-refractivity contribution is 5.92. The lowest BCUT2D eigenvalue weighted by Gasteiger charge is -2.12. The van der Waals surface area contributed by atoms with Crippen molar-refractivity contribution in [3.8, 4) is 0 Å². The molecule has 0 unspecified atom stereocenters. The summed E-state index contributed by atoms with van der Waals surface area (Å²) in [6.45, 7) is 2.47. The van der Waals surface area contributed by atoms with Crippen molar-refractivity contribution in [2.75, 3.05) is 19.0 Å². The number of fused-ring (bicyclic) bond motifs is 1. The second kappa shape index (κ2) is 5.44. The van der Waals surface area contributed by atoms with Gasteiger partial charge < -0.3 is 10.1 Å². The van der Waals surface area contributed by atoms with Crippen molar-refractivity contribution in [2.24, 2.45) is 0 Å². The molecule has 0 saturated carbocycles. The molecule has 1 aromatic carbocycles. The molecule has 0 aliphatic heterocycles. The fourth-order valence-electron chi connectivity index (χ4n) is 1.91. The van der Waals surface area contributed by atoms with Crippen molar-refractivity contribution >= 4 is 16.6 Å². The largest absolute Gasteiger partial charge is 0.385 e. The van der Waals surface area contributed by atoms with Crippen molar-refractivity contribution in [1.82, 2.24) is 4.98 Å². The Bertz CT molecular complexity index is 617. The third kappa shape index (κ3) is 2.49. The van der Waals surface area contributed by atoms with Crippen LogP contribution < -0.4 is 5.32 Å². The molecule has 1 heterocycles. The molecule has 2 rings (SSSR count). The highest BCUT2D eigenvalue weighted by Crippen LogP contribution is 2.29. The summed E-state index contributed by atoms with van der Waals surface area (Å²) in [6.07, 6.45) is 0.